The molecule has 418 valence electrons. The molecule has 7 N–H and O–H groups in total. The zero-order valence-electron chi connectivity index (χ0n) is 43.7. The highest BCUT2D eigenvalue weighted by atomic mass is 31.3. The highest BCUT2D eigenvalue weighted by Crippen LogP contribution is 2.60. The number of esters is 2. The van der Waals surface area contributed by atoms with Crippen molar-refractivity contribution >= 4 is 33.4 Å². The molecule has 21 heteroatoms. The van der Waals surface area contributed by atoms with Crippen molar-refractivity contribution in [2.45, 2.75) is 218 Å². The predicted octanol–water partition coefficient (Wildman–Crippen LogP) is 10.2. The van der Waals surface area contributed by atoms with Gasteiger partial charge in [0.2, 0.25) is 0 Å². The summed E-state index contributed by atoms with van der Waals surface area (Å²) in [6.45, 7) is 3.98. The van der Waals surface area contributed by atoms with E-state index in [0.29, 0.717) is 19.3 Å². The Hall–Kier alpha value is -3.32. The van der Waals surface area contributed by atoms with Crippen LogP contribution in [-0.4, -0.2) is 96.9 Å². The highest BCUT2D eigenvalue weighted by molar-refractivity contribution is 7.61. The summed E-state index contributed by atoms with van der Waals surface area (Å²) in [7, 11) is -10.9. The fraction of sp³-hybridized carbons (Fsp3) is 0.731. The number of rotatable bonds is 43. The molecule has 0 spiro atoms. The van der Waals surface area contributed by atoms with Gasteiger partial charge in [0, 0.05) is 19.0 Å². The molecule has 73 heavy (non-hydrogen) atoms. The third-order valence-electron chi connectivity index (χ3n) is 11.9. The zero-order valence-corrected chi connectivity index (χ0v) is 45.5. The van der Waals surface area contributed by atoms with Gasteiger partial charge in [-0.05, 0) is 76.7 Å². The van der Waals surface area contributed by atoms with Gasteiger partial charge in [-0.1, -0.05) is 152 Å². The third kappa shape index (κ3) is 33.4. The number of phosphoric ester groups is 2. The first-order valence-electron chi connectivity index (χ1n) is 26.5. The number of allylic oxidation sites excluding steroid dienone is 8. The number of nitrogens with two attached hydrogens (primary N) is 1. The van der Waals surface area contributed by atoms with Crippen LogP contribution in [0, 0.1) is 5.92 Å². The van der Waals surface area contributed by atoms with E-state index in [1.165, 1.54) is 70.3 Å². The maximum absolute atomic E-state index is 12.9. The van der Waals surface area contributed by atoms with Crippen LogP contribution in [0.15, 0.2) is 65.7 Å². The monoisotopic (exact) mass is 1070 g/mol. The van der Waals surface area contributed by atoms with Gasteiger partial charge in [-0.15, -0.1) is 0 Å². The number of aliphatic hydroxyl groups is 3. The second kappa shape index (κ2) is 39.1. The van der Waals surface area contributed by atoms with Gasteiger partial charge in [-0.25, -0.2) is 13.9 Å². The Morgan fingerprint density at radius 3 is 1.75 bits per heavy atom. The minimum Gasteiger partial charge on any atom is -0.462 e. The van der Waals surface area contributed by atoms with Crippen molar-refractivity contribution in [2.24, 2.45) is 5.92 Å². The molecule has 2 rings (SSSR count). The quantitative estimate of drug-likeness (QED) is 0.0153. The molecule has 0 bridgehead atoms. The number of hydrogen-bond acceptors (Lipinski definition) is 16. The number of anilines is 1. The van der Waals surface area contributed by atoms with E-state index in [1.807, 2.05) is 12.2 Å². The van der Waals surface area contributed by atoms with Gasteiger partial charge < -0.3 is 45.1 Å². The number of nitrogen functional groups attached to an aromatic ring is 1. The van der Waals surface area contributed by atoms with Crippen LogP contribution in [0.1, 0.15) is 188 Å². The number of phosphoric acid groups is 2. The molecule has 0 amide bonds. The van der Waals surface area contributed by atoms with E-state index in [2.05, 4.69) is 59.6 Å². The molecular formula is C52H89N3O16P2. The Balaban J connectivity index is 1.80. The lowest BCUT2D eigenvalue weighted by Gasteiger charge is -2.21. The topological polar surface area (TPSA) is 286 Å². The second-order valence-corrected chi connectivity index (χ2v) is 22.2. The number of hydrogen-bond donors (Lipinski definition) is 6. The number of ether oxygens (including phenoxy) is 3. The number of carbonyl (C=O) groups is 2. The summed E-state index contributed by atoms with van der Waals surface area (Å²) in [5, 5.41) is 30.2. The van der Waals surface area contributed by atoms with Crippen molar-refractivity contribution in [2.75, 3.05) is 25.6 Å². The van der Waals surface area contributed by atoms with Crippen molar-refractivity contribution in [1.29, 1.82) is 0 Å². The first-order chi connectivity index (χ1) is 34.9. The maximum atomic E-state index is 12.9. The van der Waals surface area contributed by atoms with E-state index >= 15 is 0 Å². The summed E-state index contributed by atoms with van der Waals surface area (Å²) < 4.78 is 56.8. The van der Waals surface area contributed by atoms with Gasteiger partial charge in [-0.2, -0.15) is 9.29 Å². The minimum atomic E-state index is -5.44. The van der Waals surface area contributed by atoms with Crippen LogP contribution in [0.4, 0.5) is 5.82 Å². The average Bonchev–Trinajstić information content (AvgIpc) is 3.60. The maximum Gasteiger partial charge on any atom is 0.481 e. The SMILES string of the molecule is CC(C)CCCCCCCCCCCCCCCCC(=O)O[C@H](COC(=O)CCC/C=C\C/C=C\C/C=C\C/C=C\CCC[C@@H](C)O)COP(=O)(O)OP(=O)(O)OC[C@H]1O[C@@H](n2ccc(N)nc2=O)[C@H](O)[C@@H]1O. The molecule has 1 aromatic heterocycles. The molecule has 19 nitrogen and oxygen atoms in total. The number of nitrogens with zero attached hydrogens (tertiary/aromatic N) is 2. The fourth-order valence-electron chi connectivity index (χ4n) is 7.75. The van der Waals surface area contributed by atoms with E-state index < -0.39 is 83.7 Å². The molecule has 1 saturated heterocycles. The zero-order chi connectivity index (χ0) is 53.7. The molecule has 1 aliphatic rings. The summed E-state index contributed by atoms with van der Waals surface area (Å²) >= 11 is 0. The van der Waals surface area contributed by atoms with Crippen molar-refractivity contribution in [3.63, 3.8) is 0 Å². The molecule has 8 atom stereocenters. The Labute approximate surface area is 433 Å². The van der Waals surface area contributed by atoms with Crippen LogP contribution in [0.25, 0.3) is 0 Å². The van der Waals surface area contributed by atoms with Gasteiger partial charge in [0.1, 0.15) is 30.7 Å². The number of unbranched alkanes of at least 4 members (excludes halogenated alkanes) is 15. The number of carbonyl (C=O) groups excluding carboxylic acids is 2. The smallest absolute Gasteiger partial charge is 0.462 e. The minimum absolute atomic E-state index is 0.0334. The lowest BCUT2D eigenvalue weighted by Crippen LogP contribution is -2.36. The molecule has 0 aliphatic carbocycles. The average molecular weight is 1070 g/mol. The van der Waals surface area contributed by atoms with Gasteiger partial charge in [0.05, 0.1) is 19.3 Å². The molecule has 2 heterocycles. The molecular weight excluding hydrogens is 985 g/mol. The van der Waals surface area contributed by atoms with Crippen LogP contribution in [0.5, 0.6) is 0 Å². The van der Waals surface area contributed by atoms with Crippen LogP contribution < -0.4 is 11.4 Å². The molecule has 2 unspecified atom stereocenters. The Morgan fingerprint density at radius 2 is 1.21 bits per heavy atom. The van der Waals surface area contributed by atoms with Crippen molar-refractivity contribution in [1.82, 2.24) is 9.55 Å². The van der Waals surface area contributed by atoms with Crippen LogP contribution >= 0.6 is 15.6 Å². The highest BCUT2D eigenvalue weighted by Gasteiger charge is 2.46. The fourth-order valence-corrected chi connectivity index (χ4v) is 9.86. The lowest BCUT2D eigenvalue weighted by molar-refractivity contribution is -0.161. The normalized spacial score (nSPS) is 19.8. The summed E-state index contributed by atoms with van der Waals surface area (Å²) in [6, 6.07) is 1.24. The molecule has 1 fully saturated rings. The van der Waals surface area contributed by atoms with Crippen LogP contribution in [-0.2, 0) is 46.3 Å². The van der Waals surface area contributed by atoms with Crippen molar-refractivity contribution in [3.05, 3.63) is 71.4 Å². The van der Waals surface area contributed by atoms with E-state index in [-0.39, 0.29) is 24.8 Å². The summed E-state index contributed by atoms with van der Waals surface area (Å²) in [5.74, 6) is -0.591. The molecule has 1 aliphatic heterocycles. The van der Waals surface area contributed by atoms with Crippen LogP contribution in [0.3, 0.4) is 0 Å². The molecule has 0 radical (unpaired) electrons. The van der Waals surface area contributed by atoms with E-state index in [0.717, 1.165) is 80.9 Å². The predicted molar refractivity (Wildman–Crippen MR) is 281 cm³/mol. The van der Waals surface area contributed by atoms with Gasteiger partial charge in [-0.3, -0.25) is 23.2 Å². The first kappa shape index (κ1) is 65.8. The Kier molecular flexibility index (Phi) is 35.3. The largest absolute Gasteiger partial charge is 0.481 e. The Bertz CT molecular complexity index is 1940. The summed E-state index contributed by atoms with van der Waals surface area (Å²) in [5.41, 5.74) is 4.58. The third-order valence-corrected chi connectivity index (χ3v) is 14.5. The summed E-state index contributed by atoms with van der Waals surface area (Å²) in [4.78, 5) is 62.0. The Morgan fingerprint density at radius 1 is 0.699 bits per heavy atom. The first-order valence-corrected chi connectivity index (χ1v) is 29.5. The van der Waals surface area contributed by atoms with E-state index in [4.69, 9.17) is 29.0 Å². The second-order valence-electron chi connectivity index (χ2n) is 19.1. The van der Waals surface area contributed by atoms with Crippen molar-refractivity contribution < 1.29 is 71.4 Å². The standard InChI is InChI=1S/C52H89N3O16P2/c1-42(2)33-29-25-21-17-13-9-7-8-12-16-20-24-28-32-36-48(58)69-44(39-66-47(57)35-31-27-23-19-15-11-6-4-5-10-14-18-22-26-30-34-43(3)56)40-67-72(62,63)71-73(64,65)68-41-45-49(59)50(60)51(70-45)55-38-37-46(53)54-52(55)61/h5-6,10-11,18-19,22-23,37-38,42-45,49-51,56,59-60H,4,7-9,12-17,20-21,24-36,39-41H2,1-3H3,(H,62,63)(H,64,65)(H2,53,54,61)/b10-5-,11-6-,22-18-,23-19-/t43-,44-,45-,49-,50-,51-/m1/s1. The van der Waals surface area contributed by atoms with Gasteiger partial charge in [0.25, 0.3) is 0 Å². The van der Waals surface area contributed by atoms with Gasteiger partial charge >= 0.3 is 33.3 Å². The van der Waals surface area contributed by atoms with Crippen molar-refractivity contribution in [3.8, 4) is 0 Å². The number of aromatic nitrogens is 2. The summed E-state index contributed by atoms with van der Waals surface area (Å²) in [6.07, 6.45) is 33.3. The van der Waals surface area contributed by atoms with E-state index in [1.54, 1.807) is 6.92 Å². The lowest BCUT2D eigenvalue weighted by atomic mass is 10.0. The van der Waals surface area contributed by atoms with Crippen LogP contribution in [0.2, 0.25) is 0 Å². The molecule has 0 saturated carbocycles. The number of aliphatic hydroxyl groups excluding tert-OH is 3. The molecule has 0 aromatic carbocycles. The van der Waals surface area contributed by atoms with E-state index in [9.17, 15) is 48.6 Å². The molecule has 1 aromatic rings. The van der Waals surface area contributed by atoms with Gasteiger partial charge in [0.15, 0.2) is 12.3 Å².